The summed E-state index contributed by atoms with van der Waals surface area (Å²) in [5, 5.41) is 10.9. The summed E-state index contributed by atoms with van der Waals surface area (Å²) in [7, 11) is 0. The quantitative estimate of drug-likeness (QED) is 0.634. The molecule has 1 N–H and O–H groups in total. The summed E-state index contributed by atoms with van der Waals surface area (Å²) >= 11 is 2.52. The van der Waals surface area contributed by atoms with Gasteiger partial charge in [0.15, 0.2) is 4.34 Å². The van der Waals surface area contributed by atoms with Gasteiger partial charge in [0.2, 0.25) is 11.0 Å². The molecule has 0 radical (unpaired) electrons. The second kappa shape index (κ2) is 7.64. The van der Waals surface area contributed by atoms with Crippen LogP contribution in [0.25, 0.3) is 0 Å². The molecule has 1 aromatic heterocycles. The number of nitrogens with one attached hydrogen (secondary N) is 1. The third-order valence-corrected chi connectivity index (χ3v) is 4.63. The zero-order valence-electron chi connectivity index (χ0n) is 12.1. The molecule has 0 aliphatic heterocycles. The highest BCUT2D eigenvalue weighted by atomic mass is 32.2. The molecule has 0 spiro atoms. The summed E-state index contributed by atoms with van der Waals surface area (Å²) in [6.07, 6.45) is 0.419. The van der Waals surface area contributed by atoms with E-state index in [0.717, 1.165) is 6.07 Å². The molecule has 0 saturated carbocycles. The van der Waals surface area contributed by atoms with Crippen molar-refractivity contribution in [1.29, 1.82) is 0 Å². The lowest BCUT2D eigenvalue weighted by Gasteiger charge is -2.03. The van der Waals surface area contributed by atoms with Crippen molar-refractivity contribution in [2.24, 2.45) is 5.92 Å². The first-order valence-corrected chi connectivity index (χ1v) is 8.44. The van der Waals surface area contributed by atoms with E-state index in [1.807, 2.05) is 13.8 Å². The lowest BCUT2D eigenvalue weighted by atomic mass is 10.1. The van der Waals surface area contributed by atoms with Crippen LogP contribution in [0.5, 0.6) is 0 Å². The fourth-order valence-electron chi connectivity index (χ4n) is 1.64. The standard InChI is InChI=1S/C14H15F2N3OS2/c1-8(2)5-12(20)17-13-18-19-14(22-13)21-7-9-3-4-10(15)6-11(9)16/h3-4,6,8H,5,7H2,1-2H3,(H,17,18,20). The Morgan fingerprint density at radius 3 is 2.82 bits per heavy atom. The summed E-state index contributed by atoms with van der Waals surface area (Å²) in [6, 6.07) is 3.48. The molecule has 0 bridgehead atoms. The van der Waals surface area contributed by atoms with Gasteiger partial charge in [-0.1, -0.05) is 43.0 Å². The van der Waals surface area contributed by atoms with E-state index in [-0.39, 0.29) is 11.8 Å². The topological polar surface area (TPSA) is 54.9 Å². The van der Waals surface area contributed by atoms with Gasteiger partial charge in [-0.15, -0.1) is 10.2 Å². The molecular formula is C14H15F2N3OS2. The predicted octanol–water partition coefficient (Wildman–Crippen LogP) is 4.09. The van der Waals surface area contributed by atoms with E-state index < -0.39 is 11.6 Å². The molecule has 8 heteroatoms. The number of rotatable bonds is 6. The van der Waals surface area contributed by atoms with Crippen molar-refractivity contribution in [3.05, 3.63) is 35.4 Å². The van der Waals surface area contributed by atoms with E-state index >= 15 is 0 Å². The van der Waals surface area contributed by atoms with Crippen LogP contribution in [-0.4, -0.2) is 16.1 Å². The number of hydrogen-bond donors (Lipinski definition) is 1. The van der Waals surface area contributed by atoms with E-state index in [1.54, 1.807) is 0 Å². The number of anilines is 1. The Morgan fingerprint density at radius 2 is 2.14 bits per heavy atom. The smallest absolute Gasteiger partial charge is 0.226 e. The first-order valence-electron chi connectivity index (χ1n) is 6.64. The van der Waals surface area contributed by atoms with Crippen molar-refractivity contribution in [3.8, 4) is 0 Å². The van der Waals surface area contributed by atoms with E-state index in [0.29, 0.717) is 27.2 Å². The highest BCUT2D eigenvalue weighted by molar-refractivity contribution is 8.00. The van der Waals surface area contributed by atoms with Crippen LogP contribution in [0.15, 0.2) is 22.5 Å². The number of hydrogen-bond acceptors (Lipinski definition) is 5. The Bertz CT molecular complexity index is 661. The van der Waals surface area contributed by atoms with Crippen molar-refractivity contribution in [1.82, 2.24) is 10.2 Å². The zero-order chi connectivity index (χ0) is 16.1. The number of aromatic nitrogens is 2. The highest BCUT2D eigenvalue weighted by Gasteiger charge is 2.11. The predicted molar refractivity (Wildman–Crippen MR) is 83.9 cm³/mol. The number of carbonyl (C=O) groups excluding carboxylic acids is 1. The molecule has 0 fully saturated rings. The minimum Gasteiger partial charge on any atom is -0.300 e. The summed E-state index contributed by atoms with van der Waals surface area (Å²) in [4.78, 5) is 11.6. The fraction of sp³-hybridized carbons (Fsp3) is 0.357. The Labute approximate surface area is 135 Å². The Morgan fingerprint density at radius 1 is 1.36 bits per heavy atom. The van der Waals surface area contributed by atoms with Gasteiger partial charge >= 0.3 is 0 Å². The van der Waals surface area contributed by atoms with Gasteiger partial charge in [0, 0.05) is 18.2 Å². The lowest BCUT2D eigenvalue weighted by molar-refractivity contribution is -0.116. The lowest BCUT2D eigenvalue weighted by Crippen LogP contribution is -2.13. The first-order chi connectivity index (χ1) is 10.4. The molecule has 2 rings (SSSR count). The minimum atomic E-state index is -0.600. The van der Waals surface area contributed by atoms with Crippen LogP contribution in [0.1, 0.15) is 25.8 Å². The summed E-state index contributed by atoms with van der Waals surface area (Å²) in [5.74, 6) is -0.698. The van der Waals surface area contributed by atoms with Crippen molar-refractivity contribution >= 4 is 34.1 Å². The van der Waals surface area contributed by atoms with E-state index in [9.17, 15) is 13.6 Å². The maximum absolute atomic E-state index is 13.5. The van der Waals surface area contributed by atoms with Crippen molar-refractivity contribution in [3.63, 3.8) is 0 Å². The molecule has 118 valence electrons. The van der Waals surface area contributed by atoms with E-state index in [2.05, 4.69) is 15.5 Å². The highest BCUT2D eigenvalue weighted by Crippen LogP contribution is 2.29. The maximum Gasteiger partial charge on any atom is 0.226 e. The molecule has 1 amide bonds. The molecular weight excluding hydrogens is 328 g/mol. The van der Waals surface area contributed by atoms with Gasteiger partial charge in [0.25, 0.3) is 0 Å². The number of halogens is 2. The summed E-state index contributed by atoms with van der Waals surface area (Å²) < 4.78 is 26.9. The summed E-state index contributed by atoms with van der Waals surface area (Å²) in [5.41, 5.74) is 0.395. The van der Waals surface area contributed by atoms with Crippen LogP contribution in [0.2, 0.25) is 0 Å². The van der Waals surface area contributed by atoms with Crippen LogP contribution >= 0.6 is 23.1 Å². The van der Waals surface area contributed by atoms with Crippen molar-refractivity contribution < 1.29 is 13.6 Å². The van der Waals surface area contributed by atoms with Crippen LogP contribution < -0.4 is 5.32 Å². The largest absolute Gasteiger partial charge is 0.300 e. The number of thioether (sulfide) groups is 1. The molecule has 0 aliphatic rings. The van der Waals surface area contributed by atoms with Gasteiger partial charge in [-0.05, 0) is 17.5 Å². The average molecular weight is 343 g/mol. The third kappa shape index (κ3) is 5.03. The number of amides is 1. The molecule has 2 aromatic rings. The second-order valence-electron chi connectivity index (χ2n) is 5.04. The zero-order valence-corrected chi connectivity index (χ0v) is 13.7. The molecule has 22 heavy (non-hydrogen) atoms. The van der Waals surface area contributed by atoms with Gasteiger partial charge in [0.05, 0.1) is 0 Å². The van der Waals surface area contributed by atoms with Crippen LogP contribution in [0.4, 0.5) is 13.9 Å². The van der Waals surface area contributed by atoms with Crippen molar-refractivity contribution in [2.75, 3.05) is 5.32 Å². The third-order valence-electron chi connectivity index (χ3n) is 2.61. The van der Waals surface area contributed by atoms with Gasteiger partial charge in [0.1, 0.15) is 11.6 Å². The second-order valence-corrected chi connectivity index (χ2v) is 7.24. The first kappa shape index (κ1) is 16.8. The Balaban J connectivity index is 1.90. The van der Waals surface area contributed by atoms with Gasteiger partial charge in [-0.25, -0.2) is 8.78 Å². The molecule has 1 heterocycles. The van der Waals surface area contributed by atoms with Crippen LogP contribution in [-0.2, 0) is 10.5 Å². The number of nitrogens with zero attached hydrogens (tertiary/aromatic N) is 2. The molecule has 0 aliphatic carbocycles. The summed E-state index contributed by atoms with van der Waals surface area (Å²) in [6.45, 7) is 3.91. The van der Waals surface area contributed by atoms with Crippen molar-refractivity contribution in [2.45, 2.75) is 30.4 Å². The Hall–Kier alpha value is -1.54. The monoisotopic (exact) mass is 343 g/mol. The average Bonchev–Trinajstić information content (AvgIpc) is 2.84. The van der Waals surface area contributed by atoms with Gasteiger partial charge in [-0.3, -0.25) is 4.79 Å². The molecule has 0 saturated heterocycles. The molecule has 0 atom stereocenters. The maximum atomic E-state index is 13.5. The minimum absolute atomic E-state index is 0.104. The molecule has 1 aromatic carbocycles. The van der Waals surface area contributed by atoms with E-state index in [4.69, 9.17) is 0 Å². The fourth-order valence-corrected chi connectivity index (χ4v) is 3.39. The van der Waals surface area contributed by atoms with Crippen LogP contribution in [0.3, 0.4) is 0 Å². The number of carbonyl (C=O) groups is 1. The van der Waals surface area contributed by atoms with Gasteiger partial charge in [-0.2, -0.15) is 0 Å². The van der Waals surface area contributed by atoms with Crippen LogP contribution in [0, 0.1) is 17.6 Å². The normalized spacial score (nSPS) is 11.0. The molecule has 4 nitrogen and oxygen atoms in total. The van der Waals surface area contributed by atoms with E-state index in [1.165, 1.54) is 35.2 Å². The Kier molecular flexibility index (Phi) is 5.84. The molecule has 0 unspecified atom stereocenters. The number of benzene rings is 1. The SMILES string of the molecule is CC(C)CC(=O)Nc1nnc(SCc2ccc(F)cc2F)s1. The van der Waals surface area contributed by atoms with Gasteiger partial charge < -0.3 is 5.32 Å².